The summed E-state index contributed by atoms with van der Waals surface area (Å²) in [4.78, 5) is 39.1. The number of aliphatic hydroxyl groups excluding tert-OH is 1. The van der Waals surface area contributed by atoms with Crippen LogP contribution in [0.15, 0.2) is 72.8 Å². The quantitative estimate of drug-likeness (QED) is 0.370. The van der Waals surface area contributed by atoms with Gasteiger partial charge in [0.05, 0.1) is 22.2 Å². The second kappa shape index (κ2) is 12.3. The van der Waals surface area contributed by atoms with Crippen LogP contribution in [0.3, 0.4) is 0 Å². The molecule has 0 unspecified atom stereocenters. The summed E-state index contributed by atoms with van der Waals surface area (Å²) in [5, 5.41) is 21.6. The van der Waals surface area contributed by atoms with Crippen molar-refractivity contribution in [1.29, 1.82) is 0 Å². The van der Waals surface area contributed by atoms with Gasteiger partial charge in [0.1, 0.15) is 6.04 Å². The van der Waals surface area contributed by atoms with Crippen molar-refractivity contribution in [3.05, 3.63) is 111 Å². The number of carbonyl (C=O) groups is 3. The molecular weight excluding hydrogens is 527 g/mol. The molecule has 0 radical (unpaired) electrons. The van der Waals surface area contributed by atoms with Crippen LogP contribution in [-0.2, 0) is 17.8 Å². The van der Waals surface area contributed by atoms with E-state index in [0.717, 1.165) is 22.3 Å². The first-order valence-electron chi connectivity index (χ1n) is 12.0. The molecule has 9 heteroatoms. The van der Waals surface area contributed by atoms with Crippen molar-refractivity contribution in [3.8, 4) is 0 Å². The van der Waals surface area contributed by atoms with Crippen molar-refractivity contribution < 1.29 is 24.6 Å². The first-order chi connectivity index (χ1) is 18.3. The summed E-state index contributed by atoms with van der Waals surface area (Å²) >= 11 is 12.2. The molecule has 0 saturated carbocycles. The molecule has 1 aliphatic heterocycles. The van der Waals surface area contributed by atoms with E-state index in [2.05, 4.69) is 5.32 Å². The van der Waals surface area contributed by atoms with E-state index in [4.69, 9.17) is 23.2 Å². The monoisotopic (exact) mass is 552 g/mol. The van der Waals surface area contributed by atoms with Crippen molar-refractivity contribution in [2.75, 3.05) is 13.1 Å². The van der Waals surface area contributed by atoms with Gasteiger partial charge in [-0.3, -0.25) is 9.59 Å². The molecule has 1 aliphatic rings. The molecule has 2 amide bonds. The Morgan fingerprint density at radius 2 is 1.55 bits per heavy atom. The molecule has 0 aromatic heterocycles. The second-order valence-electron chi connectivity index (χ2n) is 8.95. The molecule has 1 atom stereocenters. The Balaban J connectivity index is 1.38. The first-order valence-corrected chi connectivity index (χ1v) is 12.8. The van der Waals surface area contributed by atoms with E-state index < -0.39 is 17.9 Å². The Morgan fingerprint density at radius 3 is 2.11 bits per heavy atom. The molecule has 0 bridgehead atoms. The highest BCUT2D eigenvalue weighted by Crippen LogP contribution is 2.26. The molecule has 4 rings (SSSR count). The second-order valence-corrected chi connectivity index (χ2v) is 9.76. The zero-order valence-electron chi connectivity index (χ0n) is 20.4. The van der Waals surface area contributed by atoms with Crippen LogP contribution in [0.2, 0.25) is 10.0 Å². The molecular formula is C29H26Cl2N2O5. The van der Waals surface area contributed by atoms with Crippen LogP contribution in [-0.4, -0.2) is 52.0 Å². The zero-order valence-corrected chi connectivity index (χ0v) is 21.9. The summed E-state index contributed by atoms with van der Waals surface area (Å²) in [6.45, 7) is 0.993. The number of carboxylic acid groups (broad SMARTS) is 1. The van der Waals surface area contributed by atoms with Gasteiger partial charge in [-0.05, 0) is 52.9 Å². The normalized spacial score (nSPS) is 14.0. The average Bonchev–Trinajstić information content (AvgIpc) is 2.92. The predicted molar refractivity (Wildman–Crippen MR) is 146 cm³/mol. The standard InChI is InChI=1S/C29H26Cl2N2O5/c30-23-2-1-3-24(31)26(23)27(35)32-25(29(37)38)16-18-4-8-20(9-5-18)21-12-14-33(15-13-21)28(36)22-10-6-19(17-34)7-11-22/h1-12,25,34H,13-17H2,(H,32,35)(H,37,38)/t25-/m0/s1. The number of hydrogen-bond acceptors (Lipinski definition) is 4. The van der Waals surface area contributed by atoms with E-state index in [9.17, 15) is 24.6 Å². The topological polar surface area (TPSA) is 107 Å². The smallest absolute Gasteiger partial charge is 0.326 e. The number of nitrogens with zero attached hydrogens (tertiary/aromatic N) is 1. The Labute approximate surface area is 230 Å². The summed E-state index contributed by atoms with van der Waals surface area (Å²) in [5.41, 5.74) is 4.22. The minimum atomic E-state index is -1.17. The molecule has 38 heavy (non-hydrogen) atoms. The fraction of sp³-hybridized carbons (Fsp3) is 0.207. The Kier molecular flexibility index (Phi) is 8.84. The number of benzene rings is 3. The molecule has 1 heterocycles. The van der Waals surface area contributed by atoms with Gasteiger partial charge in [-0.1, -0.05) is 71.7 Å². The van der Waals surface area contributed by atoms with Gasteiger partial charge in [0.15, 0.2) is 0 Å². The Bertz CT molecular complexity index is 1350. The number of carboxylic acids is 1. The molecule has 0 spiro atoms. The number of nitrogens with one attached hydrogen (secondary N) is 1. The fourth-order valence-electron chi connectivity index (χ4n) is 4.29. The Morgan fingerprint density at radius 1 is 0.921 bits per heavy atom. The predicted octanol–water partition coefficient (Wildman–Crippen LogP) is 4.84. The van der Waals surface area contributed by atoms with Crippen molar-refractivity contribution >= 4 is 46.6 Å². The molecule has 3 aromatic rings. The molecule has 0 saturated heterocycles. The minimum absolute atomic E-state index is 0.0383. The van der Waals surface area contributed by atoms with Crippen LogP contribution in [0.25, 0.3) is 5.57 Å². The number of halogens is 2. The number of aliphatic hydroxyl groups is 1. The van der Waals surface area contributed by atoms with Gasteiger partial charge < -0.3 is 20.4 Å². The van der Waals surface area contributed by atoms with E-state index in [1.165, 1.54) is 12.1 Å². The third kappa shape index (κ3) is 6.42. The average molecular weight is 553 g/mol. The van der Waals surface area contributed by atoms with E-state index in [1.807, 2.05) is 30.3 Å². The largest absolute Gasteiger partial charge is 0.480 e. The van der Waals surface area contributed by atoms with Gasteiger partial charge in [0.25, 0.3) is 11.8 Å². The van der Waals surface area contributed by atoms with Gasteiger partial charge in [-0.25, -0.2) is 4.79 Å². The van der Waals surface area contributed by atoms with Crippen molar-refractivity contribution in [2.24, 2.45) is 0 Å². The maximum absolute atomic E-state index is 12.8. The third-order valence-corrected chi connectivity index (χ3v) is 7.07. The van der Waals surface area contributed by atoms with Gasteiger partial charge in [0.2, 0.25) is 0 Å². The maximum atomic E-state index is 12.8. The van der Waals surface area contributed by atoms with E-state index in [1.54, 1.807) is 35.2 Å². The van der Waals surface area contributed by atoms with Crippen LogP contribution in [0.1, 0.15) is 43.8 Å². The van der Waals surface area contributed by atoms with Crippen LogP contribution in [0.5, 0.6) is 0 Å². The lowest BCUT2D eigenvalue weighted by Gasteiger charge is -2.27. The molecule has 196 valence electrons. The van der Waals surface area contributed by atoms with Gasteiger partial charge in [0, 0.05) is 25.1 Å². The molecule has 3 N–H and O–H groups in total. The maximum Gasteiger partial charge on any atom is 0.326 e. The van der Waals surface area contributed by atoms with Gasteiger partial charge in [-0.15, -0.1) is 0 Å². The van der Waals surface area contributed by atoms with Gasteiger partial charge >= 0.3 is 5.97 Å². The Hall–Kier alpha value is -3.65. The summed E-state index contributed by atoms with van der Waals surface area (Å²) in [6.07, 6.45) is 2.79. The third-order valence-electron chi connectivity index (χ3n) is 6.44. The molecule has 7 nitrogen and oxygen atoms in total. The number of amides is 2. The minimum Gasteiger partial charge on any atom is -0.480 e. The summed E-state index contributed by atoms with van der Waals surface area (Å²) < 4.78 is 0. The van der Waals surface area contributed by atoms with Crippen molar-refractivity contribution in [2.45, 2.75) is 25.5 Å². The molecule has 3 aromatic carbocycles. The van der Waals surface area contributed by atoms with Crippen LogP contribution < -0.4 is 5.32 Å². The number of aliphatic carboxylic acids is 1. The van der Waals surface area contributed by atoms with Crippen LogP contribution in [0.4, 0.5) is 0 Å². The van der Waals surface area contributed by atoms with Gasteiger partial charge in [-0.2, -0.15) is 0 Å². The van der Waals surface area contributed by atoms with E-state index in [-0.39, 0.29) is 34.5 Å². The zero-order chi connectivity index (χ0) is 27.2. The summed E-state index contributed by atoms with van der Waals surface area (Å²) in [5.74, 6) is -1.88. The van der Waals surface area contributed by atoms with Crippen LogP contribution >= 0.6 is 23.2 Å². The first kappa shape index (κ1) is 27.4. The molecule has 0 fully saturated rings. The lowest BCUT2D eigenvalue weighted by atomic mass is 9.96. The fourth-order valence-corrected chi connectivity index (χ4v) is 4.86. The van der Waals surface area contributed by atoms with E-state index in [0.29, 0.717) is 25.1 Å². The number of rotatable bonds is 8. The van der Waals surface area contributed by atoms with Crippen molar-refractivity contribution in [1.82, 2.24) is 10.2 Å². The van der Waals surface area contributed by atoms with Crippen molar-refractivity contribution in [3.63, 3.8) is 0 Å². The number of hydrogen-bond donors (Lipinski definition) is 3. The summed E-state index contributed by atoms with van der Waals surface area (Å²) in [6, 6.07) is 17.9. The lowest BCUT2D eigenvalue weighted by molar-refractivity contribution is -0.139. The SMILES string of the molecule is O=C(N[C@@H](Cc1ccc(C2=CCN(C(=O)c3ccc(CO)cc3)CC2)cc1)C(=O)O)c1c(Cl)cccc1Cl. The highest BCUT2D eigenvalue weighted by molar-refractivity contribution is 6.39. The highest BCUT2D eigenvalue weighted by Gasteiger charge is 2.24. The summed E-state index contributed by atoms with van der Waals surface area (Å²) in [7, 11) is 0. The lowest BCUT2D eigenvalue weighted by Crippen LogP contribution is -2.42. The highest BCUT2D eigenvalue weighted by atomic mass is 35.5. The number of carbonyl (C=O) groups excluding carboxylic acids is 2. The van der Waals surface area contributed by atoms with E-state index >= 15 is 0 Å². The molecule has 0 aliphatic carbocycles. The van der Waals surface area contributed by atoms with Crippen LogP contribution in [0, 0.1) is 0 Å².